The second-order valence-corrected chi connectivity index (χ2v) is 3.60. The van der Waals surface area contributed by atoms with Crippen LogP contribution in [0.15, 0.2) is 16.7 Å². The van der Waals surface area contributed by atoms with Gasteiger partial charge in [-0.1, -0.05) is 0 Å². The van der Waals surface area contributed by atoms with Gasteiger partial charge in [0.1, 0.15) is 0 Å². The highest BCUT2D eigenvalue weighted by Crippen LogP contribution is 2.33. The zero-order valence-corrected chi connectivity index (χ0v) is 8.76. The Balaban J connectivity index is 3.04. The lowest BCUT2D eigenvalue weighted by Crippen LogP contribution is -2.10. The van der Waals surface area contributed by atoms with Crippen molar-refractivity contribution in [3.05, 3.63) is 28.0 Å². The van der Waals surface area contributed by atoms with Crippen molar-refractivity contribution >= 4 is 21.9 Å². The fourth-order valence-corrected chi connectivity index (χ4v) is 1.58. The highest BCUT2D eigenvalue weighted by molar-refractivity contribution is 9.10. The fraction of sp³-hybridized carbons (Fsp3) is 0.250. The quantitative estimate of drug-likeness (QED) is 0.907. The molecule has 1 N–H and O–H groups in total. The maximum atomic E-state index is 12.2. The Kier molecular flexibility index (Phi) is 3.33. The molecule has 0 aliphatic rings. The van der Waals surface area contributed by atoms with Gasteiger partial charge in [0.15, 0.2) is 5.69 Å². The topological polar surface area (TPSA) is 50.2 Å². The van der Waals surface area contributed by atoms with Gasteiger partial charge in [-0.15, -0.1) is 0 Å². The first-order valence-corrected chi connectivity index (χ1v) is 4.53. The lowest BCUT2D eigenvalue weighted by atomic mass is 10.2. The van der Waals surface area contributed by atoms with Crippen molar-refractivity contribution in [3.63, 3.8) is 0 Å². The Labute approximate surface area is 91.1 Å². The Bertz CT molecular complexity index is 392. The highest BCUT2D eigenvalue weighted by Gasteiger charge is 2.34. The number of halogens is 4. The normalized spacial score (nSPS) is 11.5. The molecule has 15 heavy (non-hydrogen) atoms. The number of carboxylic acid groups (broad SMARTS) is 1. The average molecular weight is 284 g/mol. The third-order valence-electron chi connectivity index (χ3n) is 1.52. The Morgan fingerprint density at radius 1 is 1.53 bits per heavy atom. The number of aromatic nitrogens is 1. The standard InChI is InChI=1S/C8H5BrF3NO2/c9-5-1-4(2-6(14)15)3-13-7(5)8(10,11)12/h1,3H,2H2,(H,14,15). The first-order valence-electron chi connectivity index (χ1n) is 3.74. The van der Waals surface area contributed by atoms with Crippen LogP contribution in [0, 0.1) is 0 Å². The lowest BCUT2D eigenvalue weighted by molar-refractivity contribution is -0.141. The monoisotopic (exact) mass is 283 g/mol. The van der Waals surface area contributed by atoms with Gasteiger partial charge >= 0.3 is 12.1 Å². The minimum Gasteiger partial charge on any atom is -0.481 e. The van der Waals surface area contributed by atoms with Crippen LogP contribution in [0.3, 0.4) is 0 Å². The molecule has 0 aliphatic carbocycles. The summed E-state index contributed by atoms with van der Waals surface area (Å²) in [5, 5.41) is 8.42. The van der Waals surface area contributed by atoms with Crippen molar-refractivity contribution in [2.45, 2.75) is 12.6 Å². The smallest absolute Gasteiger partial charge is 0.434 e. The molecule has 7 heteroatoms. The van der Waals surface area contributed by atoms with Crippen LogP contribution in [-0.4, -0.2) is 16.1 Å². The van der Waals surface area contributed by atoms with Gasteiger partial charge in [-0.2, -0.15) is 13.2 Å². The molecule has 82 valence electrons. The second-order valence-electron chi connectivity index (χ2n) is 2.74. The van der Waals surface area contributed by atoms with Crippen LogP contribution in [0.4, 0.5) is 13.2 Å². The Morgan fingerprint density at radius 3 is 2.53 bits per heavy atom. The summed E-state index contributed by atoms with van der Waals surface area (Å²) in [6.45, 7) is 0. The molecule has 1 aromatic rings. The summed E-state index contributed by atoms with van der Waals surface area (Å²) in [4.78, 5) is 13.5. The second kappa shape index (κ2) is 4.18. The molecule has 0 fully saturated rings. The third kappa shape index (κ3) is 3.19. The third-order valence-corrected chi connectivity index (χ3v) is 2.13. The van der Waals surface area contributed by atoms with E-state index >= 15 is 0 Å². The molecule has 0 unspecified atom stereocenters. The molecule has 0 bridgehead atoms. The number of hydrogen-bond donors (Lipinski definition) is 1. The van der Waals surface area contributed by atoms with Crippen molar-refractivity contribution in [2.24, 2.45) is 0 Å². The Morgan fingerprint density at radius 2 is 2.13 bits per heavy atom. The van der Waals surface area contributed by atoms with Gasteiger partial charge in [0.2, 0.25) is 0 Å². The van der Waals surface area contributed by atoms with Crippen LogP contribution in [-0.2, 0) is 17.4 Å². The number of pyridine rings is 1. The van der Waals surface area contributed by atoms with E-state index in [2.05, 4.69) is 20.9 Å². The number of alkyl halides is 3. The molecule has 1 heterocycles. The van der Waals surface area contributed by atoms with Crippen LogP contribution in [0.1, 0.15) is 11.3 Å². The van der Waals surface area contributed by atoms with Gasteiger partial charge in [-0.25, -0.2) is 0 Å². The summed E-state index contributed by atoms with van der Waals surface area (Å²) in [6.07, 6.45) is -3.99. The van der Waals surface area contributed by atoms with E-state index in [1.807, 2.05) is 0 Å². The molecule has 0 aromatic carbocycles. The first-order chi connectivity index (χ1) is 6.80. The van der Waals surface area contributed by atoms with E-state index in [0.717, 1.165) is 12.3 Å². The van der Waals surface area contributed by atoms with Gasteiger partial charge in [-0.3, -0.25) is 9.78 Å². The van der Waals surface area contributed by atoms with Crippen LogP contribution >= 0.6 is 15.9 Å². The molecule has 0 aliphatic heterocycles. The van der Waals surface area contributed by atoms with E-state index in [1.165, 1.54) is 0 Å². The zero-order valence-electron chi connectivity index (χ0n) is 7.18. The minimum absolute atomic E-state index is 0.211. The summed E-state index contributed by atoms with van der Waals surface area (Å²) >= 11 is 2.70. The Hall–Kier alpha value is -1.11. The number of nitrogens with zero attached hydrogens (tertiary/aromatic N) is 1. The van der Waals surface area contributed by atoms with Crippen molar-refractivity contribution in [1.82, 2.24) is 4.98 Å². The van der Waals surface area contributed by atoms with Crippen molar-refractivity contribution in [1.29, 1.82) is 0 Å². The van der Waals surface area contributed by atoms with Gasteiger partial charge < -0.3 is 5.11 Å². The largest absolute Gasteiger partial charge is 0.481 e. The van der Waals surface area contributed by atoms with Crippen LogP contribution in [0.2, 0.25) is 0 Å². The van der Waals surface area contributed by atoms with Crippen molar-refractivity contribution in [3.8, 4) is 0 Å². The lowest BCUT2D eigenvalue weighted by Gasteiger charge is -2.08. The highest BCUT2D eigenvalue weighted by atomic mass is 79.9. The number of carboxylic acids is 1. The molecule has 0 amide bonds. The van der Waals surface area contributed by atoms with E-state index < -0.39 is 17.8 Å². The summed E-state index contributed by atoms with van der Waals surface area (Å²) < 4.78 is 36.4. The molecule has 1 rings (SSSR count). The summed E-state index contributed by atoms with van der Waals surface area (Å²) in [5.41, 5.74) is -0.848. The SMILES string of the molecule is O=C(O)Cc1cnc(C(F)(F)F)c(Br)c1. The number of carbonyl (C=O) groups is 1. The fourth-order valence-electron chi connectivity index (χ4n) is 0.957. The van der Waals surface area contributed by atoms with Gasteiger partial charge in [-0.05, 0) is 27.6 Å². The van der Waals surface area contributed by atoms with E-state index in [-0.39, 0.29) is 16.5 Å². The van der Waals surface area contributed by atoms with Gasteiger partial charge in [0, 0.05) is 10.7 Å². The zero-order chi connectivity index (χ0) is 11.6. The molecule has 0 atom stereocenters. The van der Waals surface area contributed by atoms with E-state index in [9.17, 15) is 18.0 Å². The molecule has 0 radical (unpaired) electrons. The maximum absolute atomic E-state index is 12.2. The first kappa shape index (κ1) is 12.0. The number of rotatable bonds is 2. The molecule has 0 saturated carbocycles. The van der Waals surface area contributed by atoms with Gasteiger partial charge in [0.05, 0.1) is 6.42 Å². The van der Waals surface area contributed by atoms with Crippen LogP contribution < -0.4 is 0 Å². The average Bonchev–Trinajstić information content (AvgIpc) is 1.99. The number of hydrogen-bond acceptors (Lipinski definition) is 2. The number of aliphatic carboxylic acids is 1. The minimum atomic E-state index is -4.54. The van der Waals surface area contributed by atoms with Crippen LogP contribution in [0.5, 0.6) is 0 Å². The predicted molar refractivity (Wildman–Crippen MR) is 48.3 cm³/mol. The van der Waals surface area contributed by atoms with Crippen molar-refractivity contribution in [2.75, 3.05) is 0 Å². The van der Waals surface area contributed by atoms with E-state index in [1.54, 1.807) is 0 Å². The predicted octanol–water partition coefficient (Wildman–Crippen LogP) is 2.49. The summed E-state index contributed by atoms with van der Waals surface area (Å²) in [6, 6.07) is 1.10. The molecular formula is C8H5BrF3NO2. The maximum Gasteiger partial charge on any atom is 0.434 e. The summed E-state index contributed by atoms with van der Waals surface area (Å²) in [5.74, 6) is -1.12. The molecular weight excluding hydrogens is 279 g/mol. The van der Waals surface area contributed by atoms with Crippen LogP contribution in [0.25, 0.3) is 0 Å². The van der Waals surface area contributed by atoms with E-state index in [4.69, 9.17) is 5.11 Å². The van der Waals surface area contributed by atoms with Crippen molar-refractivity contribution < 1.29 is 23.1 Å². The molecule has 3 nitrogen and oxygen atoms in total. The molecule has 1 aromatic heterocycles. The molecule has 0 saturated heterocycles. The summed E-state index contributed by atoms with van der Waals surface area (Å²) in [7, 11) is 0. The van der Waals surface area contributed by atoms with Gasteiger partial charge in [0.25, 0.3) is 0 Å². The molecule has 0 spiro atoms. The van der Waals surface area contributed by atoms with E-state index in [0.29, 0.717) is 0 Å².